The lowest BCUT2D eigenvalue weighted by Gasteiger charge is -2.37. The predicted molar refractivity (Wildman–Crippen MR) is 80.6 cm³/mol. The quantitative estimate of drug-likeness (QED) is 0.893. The Labute approximate surface area is 122 Å². The number of piperazine rings is 1. The maximum absolute atomic E-state index is 5.72. The molecule has 0 bridgehead atoms. The van der Waals surface area contributed by atoms with Gasteiger partial charge in [-0.3, -0.25) is 9.80 Å². The van der Waals surface area contributed by atoms with E-state index in [-0.39, 0.29) is 0 Å². The lowest BCUT2D eigenvalue weighted by atomic mass is 10.1. The molecule has 4 nitrogen and oxygen atoms in total. The summed E-state index contributed by atoms with van der Waals surface area (Å²) < 4.78 is 5.72. The molecule has 3 rings (SSSR count). The number of hydrogen-bond donors (Lipinski definition) is 1. The van der Waals surface area contributed by atoms with Gasteiger partial charge in [-0.15, -0.1) is 0 Å². The summed E-state index contributed by atoms with van der Waals surface area (Å²) in [5.74, 6) is 1.14. The SMILES string of the molecule is CC(C)NCc1ccoc1CN1CCN2CCCC2C1. The van der Waals surface area contributed by atoms with Crippen LogP contribution < -0.4 is 5.32 Å². The first-order valence-electron chi connectivity index (χ1n) is 7.97. The molecule has 3 heterocycles. The summed E-state index contributed by atoms with van der Waals surface area (Å²) in [5, 5.41) is 3.48. The van der Waals surface area contributed by atoms with Gasteiger partial charge in [0.1, 0.15) is 5.76 Å². The van der Waals surface area contributed by atoms with Gasteiger partial charge < -0.3 is 9.73 Å². The molecule has 2 aliphatic rings. The molecule has 0 aliphatic carbocycles. The van der Waals surface area contributed by atoms with Crippen molar-refractivity contribution in [2.75, 3.05) is 26.2 Å². The standard InChI is InChI=1S/C16H27N3O/c1-13(2)17-10-14-5-9-20-16(14)12-18-7-8-19-6-3-4-15(19)11-18/h5,9,13,15,17H,3-4,6-8,10-12H2,1-2H3. The molecule has 2 saturated heterocycles. The largest absolute Gasteiger partial charge is 0.468 e. The van der Waals surface area contributed by atoms with Crippen LogP contribution in [0.3, 0.4) is 0 Å². The van der Waals surface area contributed by atoms with Crippen LogP contribution in [0.1, 0.15) is 38.0 Å². The number of nitrogens with one attached hydrogen (secondary N) is 1. The Morgan fingerprint density at radius 1 is 1.35 bits per heavy atom. The number of furan rings is 1. The monoisotopic (exact) mass is 277 g/mol. The van der Waals surface area contributed by atoms with E-state index in [1.54, 1.807) is 0 Å². The molecule has 1 aromatic heterocycles. The normalized spacial score (nSPS) is 24.4. The smallest absolute Gasteiger partial charge is 0.122 e. The Bertz CT molecular complexity index is 429. The average molecular weight is 277 g/mol. The van der Waals surface area contributed by atoms with Gasteiger partial charge in [-0.05, 0) is 25.5 Å². The number of nitrogens with zero attached hydrogens (tertiary/aromatic N) is 2. The summed E-state index contributed by atoms with van der Waals surface area (Å²) in [4.78, 5) is 5.21. The Morgan fingerprint density at radius 2 is 2.25 bits per heavy atom. The highest BCUT2D eigenvalue weighted by atomic mass is 16.3. The van der Waals surface area contributed by atoms with Gasteiger partial charge in [-0.1, -0.05) is 13.8 Å². The van der Waals surface area contributed by atoms with E-state index < -0.39 is 0 Å². The summed E-state index contributed by atoms with van der Waals surface area (Å²) in [6.07, 6.45) is 4.58. The molecule has 0 radical (unpaired) electrons. The van der Waals surface area contributed by atoms with Crippen LogP contribution in [0.5, 0.6) is 0 Å². The fraction of sp³-hybridized carbons (Fsp3) is 0.750. The van der Waals surface area contributed by atoms with E-state index in [1.165, 1.54) is 44.6 Å². The molecule has 0 saturated carbocycles. The van der Waals surface area contributed by atoms with Crippen molar-refractivity contribution in [3.63, 3.8) is 0 Å². The molecule has 4 heteroatoms. The Morgan fingerprint density at radius 3 is 3.10 bits per heavy atom. The Balaban J connectivity index is 1.56. The summed E-state index contributed by atoms with van der Waals surface area (Å²) in [5.41, 5.74) is 1.31. The minimum atomic E-state index is 0.514. The van der Waals surface area contributed by atoms with E-state index in [1.807, 2.05) is 6.26 Å². The van der Waals surface area contributed by atoms with E-state index in [0.717, 1.165) is 24.9 Å². The van der Waals surface area contributed by atoms with E-state index in [0.29, 0.717) is 6.04 Å². The second-order valence-corrected chi connectivity index (χ2v) is 6.47. The average Bonchev–Trinajstić information content (AvgIpc) is 3.04. The van der Waals surface area contributed by atoms with Crippen LogP contribution in [0, 0.1) is 0 Å². The van der Waals surface area contributed by atoms with Crippen molar-refractivity contribution in [2.45, 2.75) is 51.9 Å². The third-order valence-corrected chi connectivity index (χ3v) is 4.58. The molecule has 2 fully saturated rings. The molecule has 2 aliphatic heterocycles. The molecule has 0 spiro atoms. The molecule has 1 aromatic rings. The van der Waals surface area contributed by atoms with Gasteiger partial charge in [0, 0.05) is 43.8 Å². The van der Waals surface area contributed by atoms with Gasteiger partial charge in [-0.2, -0.15) is 0 Å². The lowest BCUT2D eigenvalue weighted by molar-refractivity contribution is 0.0937. The fourth-order valence-electron chi connectivity index (χ4n) is 3.38. The molecule has 20 heavy (non-hydrogen) atoms. The van der Waals surface area contributed by atoms with Crippen molar-refractivity contribution in [3.8, 4) is 0 Å². The molecule has 0 aromatic carbocycles. The van der Waals surface area contributed by atoms with Crippen molar-refractivity contribution < 1.29 is 4.42 Å². The van der Waals surface area contributed by atoms with E-state index in [2.05, 4.69) is 35.0 Å². The molecule has 1 unspecified atom stereocenters. The Kier molecular flexibility index (Phi) is 4.44. The zero-order chi connectivity index (χ0) is 13.9. The summed E-state index contributed by atoms with van der Waals surface area (Å²) in [7, 11) is 0. The van der Waals surface area contributed by atoms with Gasteiger partial charge in [0.05, 0.1) is 12.8 Å². The molecule has 1 atom stereocenters. The number of hydrogen-bond acceptors (Lipinski definition) is 4. The van der Waals surface area contributed by atoms with Gasteiger partial charge in [0.2, 0.25) is 0 Å². The van der Waals surface area contributed by atoms with Gasteiger partial charge >= 0.3 is 0 Å². The first-order valence-corrected chi connectivity index (χ1v) is 7.97. The highest BCUT2D eigenvalue weighted by molar-refractivity contribution is 5.17. The molecule has 112 valence electrons. The fourth-order valence-corrected chi connectivity index (χ4v) is 3.38. The van der Waals surface area contributed by atoms with Crippen LogP contribution in [-0.4, -0.2) is 48.1 Å². The third-order valence-electron chi connectivity index (χ3n) is 4.58. The summed E-state index contributed by atoms with van der Waals surface area (Å²) in [6.45, 7) is 11.2. The van der Waals surface area contributed by atoms with Crippen molar-refractivity contribution >= 4 is 0 Å². The zero-order valence-electron chi connectivity index (χ0n) is 12.8. The molecular formula is C16H27N3O. The van der Waals surface area contributed by atoms with Crippen LogP contribution in [0.25, 0.3) is 0 Å². The molecule has 1 N–H and O–H groups in total. The Hall–Kier alpha value is -0.840. The minimum Gasteiger partial charge on any atom is -0.468 e. The zero-order valence-corrected chi connectivity index (χ0v) is 12.8. The van der Waals surface area contributed by atoms with E-state index in [9.17, 15) is 0 Å². The highest BCUT2D eigenvalue weighted by Crippen LogP contribution is 2.23. The first kappa shape index (κ1) is 14.1. The van der Waals surface area contributed by atoms with Crippen molar-refractivity contribution in [1.82, 2.24) is 15.1 Å². The lowest BCUT2D eigenvalue weighted by Crippen LogP contribution is -2.49. The first-order chi connectivity index (χ1) is 9.72. The summed E-state index contributed by atoms with van der Waals surface area (Å²) >= 11 is 0. The highest BCUT2D eigenvalue weighted by Gasteiger charge is 2.30. The van der Waals surface area contributed by atoms with E-state index in [4.69, 9.17) is 4.42 Å². The van der Waals surface area contributed by atoms with E-state index >= 15 is 0 Å². The van der Waals surface area contributed by atoms with Crippen molar-refractivity contribution in [2.24, 2.45) is 0 Å². The molecular weight excluding hydrogens is 250 g/mol. The van der Waals surface area contributed by atoms with Crippen LogP contribution in [-0.2, 0) is 13.1 Å². The topological polar surface area (TPSA) is 31.7 Å². The van der Waals surface area contributed by atoms with Crippen LogP contribution in [0.4, 0.5) is 0 Å². The molecule has 0 amide bonds. The second kappa shape index (κ2) is 6.29. The van der Waals surface area contributed by atoms with Gasteiger partial charge in [0.15, 0.2) is 0 Å². The summed E-state index contributed by atoms with van der Waals surface area (Å²) in [6, 6.07) is 3.41. The van der Waals surface area contributed by atoms with Gasteiger partial charge in [-0.25, -0.2) is 0 Å². The maximum Gasteiger partial charge on any atom is 0.122 e. The maximum atomic E-state index is 5.72. The predicted octanol–water partition coefficient (Wildman–Crippen LogP) is 2.06. The van der Waals surface area contributed by atoms with Crippen LogP contribution >= 0.6 is 0 Å². The van der Waals surface area contributed by atoms with Crippen LogP contribution in [0.2, 0.25) is 0 Å². The van der Waals surface area contributed by atoms with Crippen LogP contribution in [0.15, 0.2) is 16.7 Å². The van der Waals surface area contributed by atoms with Crippen molar-refractivity contribution in [1.29, 1.82) is 0 Å². The minimum absolute atomic E-state index is 0.514. The number of fused-ring (bicyclic) bond motifs is 1. The second-order valence-electron chi connectivity index (χ2n) is 6.47. The third kappa shape index (κ3) is 3.25. The van der Waals surface area contributed by atoms with Crippen molar-refractivity contribution in [3.05, 3.63) is 23.7 Å². The number of rotatable bonds is 5. The van der Waals surface area contributed by atoms with Gasteiger partial charge in [0.25, 0.3) is 0 Å².